The normalized spacial score (nSPS) is 16.2. The molecule has 1 fully saturated rings. The standard InChI is InChI=1S/C16H23N3O6/c1-4-25-16(22)19-9-7-18(8-10-19)13(15(20)21)11-5-6-12(23-2)17-14(11)24-3/h5-6,13H,4,7-10H2,1-3H3,(H,20,21)/t13-/m0/s1. The molecule has 1 aliphatic rings. The number of rotatable bonds is 6. The first kappa shape index (κ1) is 18.8. The van der Waals surface area contributed by atoms with Crippen LogP contribution in [0.15, 0.2) is 12.1 Å². The second-order valence-electron chi connectivity index (χ2n) is 5.41. The second kappa shape index (κ2) is 8.52. The van der Waals surface area contributed by atoms with Crippen molar-refractivity contribution >= 4 is 12.1 Å². The van der Waals surface area contributed by atoms with Gasteiger partial charge in [-0.1, -0.05) is 0 Å². The summed E-state index contributed by atoms with van der Waals surface area (Å²) in [6, 6.07) is 2.32. The predicted molar refractivity (Wildman–Crippen MR) is 87.9 cm³/mol. The fraction of sp³-hybridized carbons (Fsp3) is 0.562. The molecule has 1 atom stereocenters. The minimum Gasteiger partial charge on any atom is -0.481 e. The van der Waals surface area contributed by atoms with Gasteiger partial charge in [0.2, 0.25) is 11.8 Å². The smallest absolute Gasteiger partial charge is 0.409 e. The van der Waals surface area contributed by atoms with E-state index in [1.807, 2.05) is 0 Å². The lowest BCUT2D eigenvalue weighted by molar-refractivity contribution is -0.144. The predicted octanol–water partition coefficient (Wildman–Crippen LogP) is 0.999. The Bertz CT molecular complexity index is 616. The van der Waals surface area contributed by atoms with Crippen molar-refractivity contribution in [1.29, 1.82) is 0 Å². The van der Waals surface area contributed by atoms with Gasteiger partial charge in [-0.25, -0.2) is 4.79 Å². The molecule has 25 heavy (non-hydrogen) atoms. The Morgan fingerprint density at radius 2 is 1.88 bits per heavy atom. The molecule has 1 aromatic rings. The van der Waals surface area contributed by atoms with Crippen molar-refractivity contribution in [1.82, 2.24) is 14.8 Å². The average Bonchev–Trinajstić information content (AvgIpc) is 2.62. The lowest BCUT2D eigenvalue weighted by Gasteiger charge is -2.37. The van der Waals surface area contributed by atoms with Crippen molar-refractivity contribution < 1.29 is 28.9 Å². The van der Waals surface area contributed by atoms with E-state index in [1.54, 1.807) is 28.9 Å². The molecule has 2 rings (SSSR count). The Morgan fingerprint density at radius 1 is 1.20 bits per heavy atom. The van der Waals surface area contributed by atoms with Gasteiger partial charge in [-0.3, -0.25) is 9.69 Å². The summed E-state index contributed by atoms with van der Waals surface area (Å²) in [4.78, 5) is 31.2. The molecule has 0 aromatic carbocycles. The Morgan fingerprint density at radius 3 is 2.40 bits per heavy atom. The van der Waals surface area contributed by atoms with Crippen molar-refractivity contribution in [3.63, 3.8) is 0 Å². The lowest BCUT2D eigenvalue weighted by atomic mass is 10.1. The van der Waals surface area contributed by atoms with Gasteiger partial charge in [0.25, 0.3) is 0 Å². The van der Waals surface area contributed by atoms with Crippen LogP contribution < -0.4 is 9.47 Å². The van der Waals surface area contributed by atoms with Gasteiger partial charge in [0, 0.05) is 37.8 Å². The zero-order valence-electron chi connectivity index (χ0n) is 14.6. The number of carboxylic acid groups (broad SMARTS) is 1. The van der Waals surface area contributed by atoms with E-state index in [9.17, 15) is 14.7 Å². The van der Waals surface area contributed by atoms with Gasteiger partial charge in [-0.05, 0) is 13.0 Å². The van der Waals surface area contributed by atoms with Crippen molar-refractivity contribution in [3.8, 4) is 11.8 Å². The number of nitrogens with zero attached hydrogens (tertiary/aromatic N) is 3. The molecule has 0 spiro atoms. The summed E-state index contributed by atoms with van der Waals surface area (Å²) in [6.45, 7) is 3.67. The molecule has 1 N–H and O–H groups in total. The van der Waals surface area contributed by atoms with Gasteiger partial charge in [-0.2, -0.15) is 4.98 Å². The Kier molecular flexibility index (Phi) is 6.40. The van der Waals surface area contributed by atoms with Crippen LogP contribution in [0.4, 0.5) is 4.79 Å². The van der Waals surface area contributed by atoms with E-state index in [1.165, 1.54) is 14.2 Å². The number of piperazine rings is 1. The highest BCUT2D eigenvalue weighted by Crippen LogP contribution is 2.31. The van der Waals surface area contributed by atoms with Crippen molar-refractivity contribution in [2.24, 2.45) is 0 Å². The van der Waals surface area contributed by atoms with E-state index in [-0.39, 0.29) is 12.0 Å². The number of carbonyl (C=O) groups excluding carboxylic acids is 1. The molecule has 9 heteroatoms. The maximum absolute atomic E-state index is 11.9. The van der Waals surface area contributed by atoms with E-state index < -0.39 is 12.0 Å². The molecule has 0 bridgehead atoms. The van der Waals surface area contributed by atoms with Gasteiger partial charge < -0.3 is 24.2 Å². The van der Waals surface area contributed by atoms with Crippen LogP contribution in [-0.4, -0.2) is 79.0 Å². The van der Waals surface area contributed by atoms with Crippen molar-refractivity contribution in [3.05, 3.63) is 17.7 Å². The van der Waals surface area contributed by atoms with Gasteiger partial charge in [0.05, 0.1) is 20.8 Å². The third kappa shape index (κ3) is 4.30. The third-order valence-corrected chi connectivity index (χ3v) is 4.00. The molecular formula is C16H23N3O6. The fourth-order valence-corrected chi connectivity index (χ4v) is 2.78. The zero-order chi connectivity index (χ0) is 18.4. The number of carbonyl (C=O) groups is 2. The Labute approximate surface area is 146 Å². The summed E-state index contributed by atoms with van der Waals surface area (Å²) in [5, 5.41) is 9.72. The van der Waals surface area contributed by atoms with Crippen LogP contribution in [0.5, 0.6) is 11.8 Å². The minimum atomic E-state index is -1.00. The first-order chi connectivity index (χ1) is 12.0. The molecule has 0 radical (unpaired) electrons. The molecule has 1 aliphatic heterocycles. The van der Waals surface area contributed by atoms with Crippen LogP contribution in [0.3, 0.4) is 0 Å². The maximum atomic E-state index is 11.9. The molecule has 1 saturated heterocycles. The van der Waals surface area contributed by atoms with Crippen LogP contribution in [0.25, 0.3) is 0 Å². The number of pyridine rings is 1. The van der Waals surface area contributed by atoms with Gasteiger partial charge in [0.15, 0.2) is 0 Å². The molecule has 0 unspecified atom stereocenters. The van der Waals surface area contributed by atoms with Crippen LogP contribution in [-0.2, 0) is 9.53 Å². The first-order valence-corrected chi connectivity index (χ1v) is 7.99. The van der Waals surface area contributed by atoms with E-state index in [0.717, 1.165) is 0 Å². The summed E-state index contributed by atoms with van der Waals surface area (Å²) in [5.41, 5.74) is 0.445. The average molecular weight is 353 g/mol. The first-order valence-electron chi connectivity index (χ1n) is 7.99. The molecule has 1 aromatic heterocycles. The Balaban J connectivity index is 2.18. The van der Waals surface area contributed by atoms with Crippen LogP contribution in [0, 0.1) is 0 Å². The van der Waals surface area contributed by atoms with Crippen molar-refractivity contribution in [2.45, 2.75) is 13.0 Å². The highest BCUT2D eigenvalue weighted by atomic mass is 16.6. The SMILES string of the molecule is CCOC(=O)N1CCN([C@H](C(=O)O)c2ccc(OC)nc2OC)CC1. The number of ether oxygens (including phenoxy) is 3. The van der Waals surface area contributed by atoms with E-state index >= 15 is 0 Å². The number of aliphatic carboxylic acids is 1. The minimum absolute atomic E-state index is 0.208. The summed E-state index contributed by atoms with van der Waals surface area (Å²) >= 11 is 0. The summed E-state index contributed by atoms with van der Waals surface area (Å²) in [6.07, 6.45) is -0.377. The molecule has 138 valence electrons. The number of hydrogen-bond donors (Lipinski definition) is 1. The molecule has 2 heterocycles. The fourth-order valence-electron chi connectivity index (χ4n) is 2.78. The lowest BCUT2D eigenvalue weighted by Crippen LogP contribution is -2.51. The number of aromatic nitrogens is 1. The highest BCUT2D eigenvalue weighted by Gasteiger charge is 2.34. The zero-order valence-corrected chi connectivity index (χ0v) is 14.6. The molecule has 9 nitrogen and oxygen atoms in total. The number of amides is 1. The summed E-state index contributed by atoms with van der Waals surface area (Å²) < 4.78 is 15.3. The maximum Gasteiger partial charge on any atom is 0.409 e. The van der Waals surface area contributed by atoms with Gasteiger partial charge in [-0.15, -0.1) is 0 Å². The van der Waals surface area contributed by atoms with E-state index in [4.69, 9.17) is 14.2 Å². The highest BCUT2D eigenvalue weighted by molar-refractivity contribution is 5.76. The largest absolute Gasteiger partial charge is 0.481 e. The number of carboxylic acids is 1. The van der Waals surface area contributed by atoms with Crippen molar-refractivity contribution in [2.75, 3.05) is 47.0 Å². The van der Waals surface area contributed by atoms with Gasteiger partial charge in [0.1, 0.15) is 6.04 Å². The van der Waals surface area contributed by atoms with E-state index in [0.29, 0.717) is 44.2 Å². The van der Waals surface area contributed by atoms with Crippen LogP contribution in [0.2, 0.25) is 0 Å². The van der Waals surface area contributed by atoms with E-state index in [2.05, 4.69) is 4.98 Å². The molecule has 0 aliphatic carbocycles. The number of hydrogen-bond acceptors (Lipinski definition) is 7. The third-order valence-electron chi connectivity index (χ3n) is 4.00. The molecule has 0 saturated carbocycles. The quantitative estimate of drug-likeness (QED) is 0.808. The number of methoxy groups -OCH3 is 2. The van der Waals surface area contributed by atoms with Gasteiger partial charge >= 0.3 is 12.1 Å². The monoisotopic (exact) mass is 353 g/mol. The summed E-state index contributed by atoms with van der Waals surface area (Å²) in [5.74, 6) is -0.453. The second-order valence-corrected chi connectivity index (χ2v) is 5.41. The topological polar surface area (TPSA) is 101 Å². The van der Waals surface area contributed by atoms with Crippen LogP contribution >= 0.6 is 0 Å². The van der Waals surface area contributed by atoms with Crippen LogP contribution in [0.1, 0.15) is 18.5 Å². The molecule has 1 amide bonds. The Hall–Kier alpha value is -2.55. The summed E-state index contributed by atoms with van der Waals surface area (Å²) in [7, 11) is 2.91. The molecular weight excluding hydrogens is 330 g/mol.